The molecule has 27 heavy (non-hydrogen) atoms. The highest BCUT2D eigenvalue weighted by Crippen LogP contribution is 2.34. The number of carbonyl (C=O) groups excluding carboxylic acids is 3. The van der Waals surface area contributed by atoms with Crippen molar-refractivity contribution in [2.45, 2.75) is 0 Å². The van der Waals surface area contributed by atoms with Gasteiger partial charge in [-0.15, -0.1) is 0 Å². The van der Waals surface area contributed by atoms with Gasteiger partial charge in [0.05, 0.1) is 38.2 Å². The molecule has 9 heteroatoms. The molecule has 2 heterocycles. The number of aliphatic imine (C=N–C) groups is 1. The molecule has 0 saturated carbocycles. The number of carbonyl (C=O) groups is 3. The molecule has 0 aromatic heterocycles. The number of ether oxygens (including phenoxy) is 3. The maximum absolute atomic E-state index is 13.1. The Morgan fingerprint density at radius 3 is 2.41 bits per heavy atom. The van der Waals surface area contributed by atoms with Crippen molar-refractivity contribution in [1.82, 2.24) is 4.90 Å². The van der Waals surface area contributed by atoms with E-state index < -0.39 is 17.8 Å². The van der Waals surface area contributed by atoms with Crippen LogP contribution < -0.4 is 9.64 Å². The number of esters is 1. The van der Waals surface area contributed by atoms with Crippen molar-refractivity contribution < 1.29 is 28.6 Å². The highest BCUT2D eigenvalue weighted by molar-refractivity contribution is 6.25. The number of likely N-dealkylation sites (N-methyl/N-ethyl adjacent to an activating group) is 1. The van der Waals surface area contributed by atoms with Crippen LogP contribution in [0.25, 0.3) is 0 Å². The molecule has 0 N–H and O–H groups in total. The fraction of sp³-hybridized carbons (Fsp3) is 0.222. The second-order valence-corrected chi connectivity index (χ2v) is 5.60. The second-order valence-electron chi connectivity index (χ2n) is 5.60. The Labute approximate surface area is 155 Å². The summed E-state index contributed by atoms with van der Waals surface area (Å²) in [5, 5.41) is 0. The van der Waals surface area contributed by atoms with Crippen LogP contribution in [0.15, 0.2) is 52.3 Å². The van der Waals surface area contributed by atoms with Gasteiger partial charge in [-0.05, 0) is 12.1 Å². The summed E-state index contributed by atoms with van der Waals surface area (Å²) < 4.78 is 15.0. The van der Waals surface area contributed by atoms with Crippen LogP contribution in [0, 0.1) is 0 Å². The van der Waals surface area contributed by atoms with E-state index in [2.05, 4.69) is 4.99 Å². The smallest absolute Gasteiger partial charge is 0.340 e. The van der Waals surface area contributed by atoms with Gasteiger partial charge in [0.15, 0.2) is 0 Å². The first-order valence-electron chi connectivity index (χ1n) is 7.86. The summed E-state index contributed by atoms with van der Waals surface area (Å²) in [6, 6.07) is 6.75. The molecule has 1 aromatic carbocycles. The minimum Gasteiger partial charge on any atom is -0.497 e. The highest BCUT2D eigenvalue weighted by Gasteiger charge is 2.41. The maximum Gasteiger partial charge on any atom is 0.340 e. The number of hydrogen-bond donors (Lipinski definition) is 0. The molecule has 2 amide bonds. The molecule has 0 saturated heterocycles. The maximum atomic E-state index is 13.1. The zero-order chi connectivity index (χ0) is 19.7. The van der Waals surface area contributed by atoms with Crippen molar-refractivity contribution in [3.8, 4) is 5.75 Å². The van der Waals surface area contributed by atoms with Crippen molar-refractivity contribution in [3.63, 3.8) is 0 Å². The molecule has 0 radical (unpaired) electrons. The summed E-state index contributed by atoms with van der Waals surface area (Å²) in [5.74, 6) is -1.36. The molecule has 2 aliphatic heterocycles. The van der Waals surface area contributed by atoms with Gasteiger partial charge in [-0.1, -0.05) is 6.07 Å². The number of hydrogen-bond acceptors (Lipinski definition) is 7. The molecule has 140 valence electrons. The number of methoxy groups -OCH3 is 3. The summed E-state index contributed by atoms with van der Waals surface area (Å²) in [5.41, 5.74) is 0.0734. The lowest BCUT2D eigenvalue weighted by molar-refractivity contribution is -0.136. The second kappa shape index (κ2) is 6.94. The van der Waals surface area contributed by atoms with Crippen LogP contribution >= 0.6 is 0 Å². The van der Waals surface area contributed by atoms with Crippen LogP contribution in [-0.4, -0.2) is 57.1 Å². The zero-order valence-electron chi connectivity index (χ0n) is 15.2. The largest absolute Gasteiger partial charge is 0.497 e. The number of rotatable bonds is 3. The van der Waals surface area contributed by atoms with Gasteiger partial charge >= 0.3 is 5.97 Å². The van der Waals surface area contributed by atoms with Crippen LogP contribution in [0.5, 0.6) is 5.75 Å². The lowest BCUT2D eigenvalue weighted by atomic mass is 10.1. The van der Waals surface area contributed by atoms with Gasteiger partial charge in [0.1, 0.15) is 11.4 Å². The first-order valence-corrected chi connectivity index (χ1v) is 7.86. The number of amidine groups is 1. The molecule has 0 fully saturated rings. The first-order chi connectivity index (χ1) is 12.9. The fourth-order valence-electron chi connectivity index (χ4n) is 2.74. The average Bonchev–Trinajstić information content (AvgIpc) is 3.18. The van der Waals surface area contributed by atoms with E-state index >= 15 is 0 Å². The molecule has 0 atom stereocenters. The number of nitrogens with zero attached hydrogens (tertiary/aromatic N) is 3. The minimum atomic E-state index is -0.757. The van der Waals surface area contributed by atoms with Crippen LogP contribution in [0.3, 0.4) is 0 Å². The summed E-state index contributed by atoms with van der Waals surface area (Å²) in [6.07, 6.45) is 1.32. The van der Waals surface area contributed by atoms with Gasteiger partial charge < -0.3 is 14.2 Å². The van der Waals surface area contributed by atoms with E-state index in [9.17, 15) is 14.4 Å². The Kier molecular flexibility index (Phi) is 4.68. The minimum absolute atomic E-state index is 0.0272. The van der Waals surface area contributed by atoms with Crippen LogP contribution in [0.2, 0.25) is 0 Å². The third kappa shape index (κ3) is 2.92. The lowest BCUT2D eigenvalue weighted by Gasteiger charge is -2.14. The van der Waals surface area contributed by atoms with Crippen LogP contribution in [-0.2, 0) is 23.9 Å². The van der Waals surface area contributed by atoms with Crippen LogP contribution in [0.1, 0.15) is 0 Å². The quantitative estimate of drug-likeness (QED) is 0.577. The molecule has 2 aliphatic rings. The SMILES string of the molecule is COC(=O)C1=CN(c2cccc(OC)c2)C(=O)/C1=C1/N=C(OC)N(C)C1=O. The highest BCUT2D eigenvalue weighted by atomic mass is 16.5. The third-order valence-corrected chi connectivity index (χ3v) is 4.12. The normalized spacial score (nSPS) is 19.3. The van der Waals surface area contributed by atoms with Gasteiger partial charge in [0.25, 0.3) is 17.8 Å². The lowest BCUT2D eigenvalue weighted by Crippen LogP contribution is -2.29. The topological polar surface area (TPSA) is 97.7 Å². The first kappa shape index (κ1) is 18.2. The molecule has 9 nitrogen and oxygen atoms in total. The molecule has 0 unspecified atom stereocenters. The van der Waals surface area contributed by atoms with Crippen molar-refractivity contribution in [1.29, 1.82) is 0 Å². The molecule has 0 aliphatic carbocycles. The Morgan fingerprint density at radius 1 is 1.07 bits per heavy atom. The van der Waals surface area contributed by atoms with Crippen LogP contribution in [0.4, 0.5) is 5.69 Å². The predicted molar refractivity (Wildman–Crippen MR) is 94.8 cm³/mol. The Bertz CT molecular complexity index is 931. The summed E-state index contributed by atoms with van der Waals surface area (Å²) in [7, 11) is 5.50. The Balaban J connectivity index is 2.15. The van der Waals surface area contributed by atoms with E-state index in [-0.39, 0.29) is 22.9 Å². The Hall–Kier alpha value is -3.62. The van der Waals surface area contributed by atoms with Crippen molar-refractivity contribution in [3.05, 3.63) is 47.3 Å². The van der Waals surface area contributed by atoms with E-state index in [0.29, 0.717) is 11.4 Å². The average molecular weight is 371 g/mol. The third-order valence-electron chi connectivity index (χ3n) is 4.12. The monoisotopic (exact) mass is 371 g/mol. The van der Waals surface area contributed by atoms with Crippen molar-refractivity contribution in [2.75, 3.05) is 33.3 Å². The van der Waals surface area contributed by atoms with Gasteiger partial charge in [-0.3, -0.25) is 19.4 Å². The van der Waals surface area contributed by atoms with Gasteiger partial charge in [-0.25, -0.2) is 4.79 Å². The number of benzene rings is 1. The summed E-state index contributed by atoms with van der Waals surface area (Å²) >= 11 is 0. The molecule has 0 bridgehead atoms. The standard InChI is InChI=1S/C18H17N3O6/c1-20-16(23)14(19-18(20)27-4)13-12(17(24)26-3)9-21(15(13)22)10-6-5-7-11(8-10)25-2/h5-9H,1-4H3/b14-13+. The fourth-order valence-corrected chi connectivity index (χ4v) is 2.74. The molecular weight excluding hydrogens is 354 g/mol. The van der Waals surface area contributed by atoms with Gasteiger partial charge in [-0.2, -0.15) is 4.99 Å². The van der Waals surface area contributed by atoms with Gasteiger partial charge in [0, 0.05) is 19.3 Å². The molecule has 3 rings (SSSR count). The van der Waals surface area contributed by atoms with E-state index in [0.717, 1.165) is 4.90 Å². The molecule has 0 spiro atoms. The van der Waals surface area contributed by atoms with Crippen molar-refractivity contribution in [2.24, 2.45) is 4.99 Å². The van der Waals surface area contributed by atoms with E-state index in [1.54, 1.807) is 24.3 Å². The van der Waals surface area contributed by atoms with E-state index in [1.165, 1.54) is 39.5 Å². The van der Waals surface area contributed by atoms with Crippen molar-refractivity contribution >= 4 is 29.5 Å². The molecule has 1 aromatic rings. The summed E-state index contributed by atoms with van der Waals surface area (Å²) in [6.45, 7) is 0. The number of anilines is 1. The Morgan fingerprint density at radius 2 is 1.81 bits per heavy atom. The molecular formula is C18H17N3O6. The van der Waals surface area contributed by atoms with E-state index in [4.69, 9.17) is 14.2 Å². The number of amides is 2. The van der Waals surface area contributed by atoms with E-state index in [1.807, 2.05) is 0 Å². The summed E-state index contributed by atoms with van der Waals surface area (Å²) in [4.78, 5) is 44.3. The zero-order valence-corrected chi connectivity index (χ0v) is 15.2. The van der Waals surface area contributed by atoms with Gasteiger partial charge in [0.2, 0.25) is 0 Å². The predicted octanol–water partition coefficient (Wildman–Crippen LogP) is 0.827.